The van der Waals surface area contributed by atoms with Gasteiger partial charge in [0.2, 0.25) is 0 Å². The molecular weight excluding hydrogens is 402 g/mol. The molecule has 0 spiro atoms. The number of aliphatic hydroxyl groups excluding tert-OH is 1. The monoisotopic (exact) mass is 460 g/mol. The largest absolute Gasteiger partial charge is 0.396 e. The van der Waals surface area contributed by atoms with E-state index in [9.17, 15) is 5.11 Å². The van der Waals surface area contributed by atoms with Gasteiger partial charge in [-0.3, -0.25) is 0 Å². The molecule has 0 radical (unpaired) electrons. The van der Waals surface area contributed by atoms with Crippen LogP contribution in [0, 0.1) is 0 Å². The third kappa shape index (κ3) is 15.5. The third-order valence-corrected chi connectivity index (χ3v) is 10.5. The molecule has 0 saturated heterocycles. The second-order valence-electron chi connectivity index (χ2n) is 10.3. The topological polar surface area (TPSA) is 38.7 Å². The Kier molecular flexibility index (Phi) is 19.6. The SMILES string of the molecule is CCCCCCCCCCCCCCCCC(C)[N+](C)(C)CCC[Si](CO)(OC)OC. The van der Waals surface area contributed by atoms with Gasteiger partial charge in [-0.2, -0.15) is 0 Å². The van der Waals surface area contributed by atoms with E-state index in [0.717, 1.165) is 23.5 Å². The summed E-state index contributed by atoms with van der Waals surface area (Å²) in [6.45, 7) is 5.80. The number of hydrogen-bond acceptors (Lipinski definition) is 3. The van der Waals surface area contributed by atoms with Crippen LogP contribution in [0.15, 0.2) is 0 Å². The van der Waals surface area contributed by atoms with Crippen molar-refractivity contribution in [1.29, 1.82) is 0 Å². The lowest BCUT2D eigenvalue weighted by atomic mass is 10.0. The van der Waals surface area contributed by atoms with Gasteiger partial charge in [0.25, 0.3) is 0 Å². The maximum absolute atomic E-state index is 9.62. The molecule has 0 aromatic heterocycles. The van der Waals surface area contributed by atoms with Crippen LogP contribution in [0.3, 0.4) is 0 Å². The molecule has 1 unspecified atom stereocenters. The Hall–Kier alpha value is 0.0569. The fraction of sp³-hybridized carbons (Fsp3) is 1.00. The van der Waals surface area contributed by atoms with Crippen molar-refractivity contribution < 1.29 is 18.4 Å². The molecule has 0 heterocycles. The molecule has 0 amide bonds. The van der Waals surface area contributed by atoms with E-state index in [0.29, 0.717) is 6.04 Å². The van der Waals surface area contributed by atoms with Gasteiger partial charge in [0, 0.05) is 14.2 Å². The first-order chi connectivity index (χ1) is 14.9. The third-order valence-electron chi connectivity index (χ3n) is 7.45. The first-order valence-corrected chi connectivity index (χ1v) is 15.6. The quantitative estimate of drug-likeness (QED) is 0.102. The Labute approximate surface area is 196 Å². The van der Waals surface area contributed by atoms with Crippen molar-refractivity contribution in [2.45, 2.75) is 129 Å². The molecule has 0 saturated carbocycles. The zero-order valence-corrected chi connectivity index (χ0v) is 23.2. The van der Waals surface area contributed by atoms with Crippen LogP contribution < -0.4 is 0 Å². The highest BCUT2D eigenvalue weighted by Crippen LogP contribution is 2.20. The number of aliphatic hydroxyl groups is 1. The van der Waals surface area contributed by atoms with E-state index in [2.05, 4.69) is 27.9 Å². The number of hydrogen-bond donors (Lipinski definition) is 1. The molecule has 5 heteroatoms. The second-order valence-corrected chi connectivity index (χ2v) is 13.8. The van der Waals surface area contributed by atoms with Crippen LogP contribution in [0.2, 0.25) is 6.04 Å². The first-order valence-electron chi connectivity index (χ1n) is 13.4. The summed E-state index contributed by atoms with van der Waals surface area (Å²) < 4.78 is 12.1. The van der Waals surface area contributed by atoms with Crippen LogP contribution in [-0.4, -0.2) is 65.3 Å². The van der Waals surface area contributed by atoms with Crippen molar-refractivity contribution in [1.82, 2.24) is 0 Å². The van der Waals surface area contributed by atoms with E-state index in [1.54, 1.807) is 14.2 Å². The Morgan fingerprint density at radius 2 is 1.13 bits per heavy atom. The van der Waals surface area contributed by atoms with Crippen LogP contribution >= 0.6 is 0 Å². The van der Waals surface area contributed by atoms with E-state index in [1.165, 1.54) is 96.3 Å². The predicted molar refractivity (Wildman–Crippen MR) is 138 cm³/mol. The molecule has 188 valence electrons. The van der Waals surface area contributed by atoms with Crippen LogP contribution in [0.25, 0.3) is 0 Å². The van der Waals surface area contributed by atoms with Crippen molar-refractivity contribution in [2.24, 2.45) is 0 Å². The molecule has 0 aromatic carbocycles. The first kappa shape index (κ1) is 31.1. The van der Waals surface area contributed by atoms with E-state index in [4.69, 9.17) is 8.85 Å². The molecule has 1 atom stereocenters. The highest BCUT2D eigenvalue weighted by molar-refractivity contribution is 6.67. The van der Waals surface area contributed by atoms with Crippen LogP contribution in [-0.2, 0) is 8.85 Å². The van der Waals surface area contributed by atoms with Crippen molar-refractivity contribution in [3.8, 4) is 0 Å². The van der Waals surface area contributed by atoms with Gasteiger partial charge in [-0.25, -0.2) is 0 Å². The Morgan fingerprint density at radius 1 is 0.710 bits per heavy atom. The summed E-state index contributed by atoms with van der Waals surface area (Å²) in [7, 11) is 5.66. The average molecular weight is 461 g/mol. The van der Waals surface area contributed by atoms with Gasteiger partial charge in [0.05, 0.1) is 32.9 Å². The number of rotatable bonds is 23. The normalized spacial score (nSPS) is 13.6. The summed E-state index contributed by atoms with van der Waals surface area (Å²) in [5.74, 6) is 0. The van der Waals surface area contributed by atoms with E-state index in [-0.39, 0.29) is 6.23 Å². The smallest absolute Gasteiger partial charge is 0.364 e. The molecule has 0 aliphatic heterocycles. The molecular formula is C26H58NO3Si+. The molecule has 0 aliphatic rings. The molecule has 0 fully saturated rings. The van der Waals surface area contributed by atoms with Crippen LogP contribution in [0.4, 0.5) is 0 Å². The Morgan fingerprint density at radius 3 is 1.52 bits per heavy atom. The molecule has 31 heavy (non-hydrogen) atoms. The maximum atomic E-state index is 9.62. The fourth-order valence-corrected chi connectivity index (χ4v) is 6.14. The standard InChI is InChI=1S/C26H58NO3Si/c1-7-8-9-10-11-12-13-14-15-16-17-18-19-20-22-26(2)27(3,4)23-21-24-31(25-28,29-5)30-6/h26,28H,7-25H2,1-6H3/q+1. The van der Waals surface area contributed by atoms with E-state index >= 15 is 0 Å². The van der Waals surface area contributed by atoms with E-state index in [1.807, 2.05) is 0 Å². The molecule has 0 bridgehead atoms. The lowest BCUT2D eigenvalue weighted by Crippen LogP contribution is -2.50. The number of quaternary nitrogens is 1. The molecule has 0 aromatic rings. The van der Waals surface area contributed by atoms with Gasteiger partial charge < -0.3 is 18.4 Å². The van der Waals surface area contributed by atoms with Crippen molar-refractivity contribution in [3.63, 3.8) is 0 Å². The highest BCUT2D eigenvalue weighted by atomic mass is 28.4. The minimum atomic E-state index is -2.37. The van der Waals surface area contributed by atoms with Gasteiger partial charge in [-0.05, 0) is 32.2 Å². The minimum Gasteiger partial charge on any atom is -0.396 e. The molecule has 0 aliphatic carbocycles. The summed E-state index contributed by atoms with van der Waals surface area (Å²) in [5, 5.41) is 9.62. The van der Waals surface area contributed by atoms with Crippen molar-refractivity contribution in [3.05, 3.63) is 0 Å². The van der Waals surface area contributed by atoms with Gasteiger partial charge in [0.15, 0.2) is 0 Å². The minimum absolute atomic E-state index is 0.0437. The van der Waals surface area contributed by atoms with Gasteiger partial charge in [-0.15, -0.1) is 0 Å². The highest BCUT2D eigenvalue weighted by Gasteiger charge is 2.35. The van der Waals surface area contributed by atoms with Gasteiger partial charge in [0.1, 0.15) is 0 Å². The molecule has 0 rings (SSSR count). The molecule has 4 nitrogen and oxygen atoms in total. The lowest BCUT2D eigenvalue weighted by molar-refractivity contribution is -0.913. The predicted octanol–water partition coefficient (Wildman–Crippen LogP) is 6.98. The molecule has 1 N–H and O–H groups in total. The zero-order chi connectivity index (χ0) is 23.4. The number of nitrogens with zero attached hydrogens (tertiary/aromatic N) is 1. The van der Waals surface area contributed by atoms with Crippen LogP contribution in [0.5, 0.6) is 0 Å². The summed E-state index contributed by atoms with van der Waals surface area (Å²) in [4.78, 5) is 0. The average Bonchev–Trinajstić information content (AvgIpc) is 2.77. The van der Waals surface area contributed by atoms with Gasteiger partial charge in [-0.1, -0.05) is 90.4 Å². The lowest BCUT2D eigenvalue weighted by Gasteiger charge is -2.37. The Balaban J connectivity index is 3.67. The van der Waals surface area contributed by atoms with E-state index < -0.39 is 8.56 Å². The fourth-order valence-electron chi connectivity index (χ4n) is 4.46. The Bertz CT molecular complexity index is 381. The summed E-state index contributed by atoms with van der Waals surface area (Å²) in [5.41, 5.74) is 0. The summed E-state index contributed by atoms with van der Waals surface area (Å²) in [6, 6.07) is 1.54. The number of unbranched alkanes of at least 4 members (excludes halogenated alkanes) is 13. The summed E-state index contributed by atoms with van der Waals surface area (Å²) in [6.07, 6.45) is 22.3. The maximum Gasteiger partial charge on any atom is 0.364 e. The van der Waals surface area contributed by atoms with Gasteiger partial charge >= 0.3 is 8.56 Å². The van der Waals surface area contributed by atoms with Crippen LogP contribution in [0.1, 0.15) is 117 Å². The zero-order valence-electron chi connectivity index (χ0n) is 22.2. The second kappa shape index (κ2) is 19.5. The summed E-state index contributed by atoms with van der Waals surface area (Å²) >= 11 is 0. The van der Waals surface area contributed by atoms with Crippen molar-refractivity contribution in [2.75, 3.05) is 41.1 Å². The van der Waals surface area contributed by atoms with Crippen molar-refractivity contribution >= 4 is 8.56 Å².